The van der Waals surface area contributed by atoms with Crippen LogP contribution < -0.4 is 42.9 Å². The molecule has 0 heterocycles. The Morgan fingerprint density at radius 1 is 0.700 bits per heavy atom. The van der Waals surface area contributed by atoms with Gasteiger partial charge in [0.05, 0.1) is 68.2 Å². The van der Waals surface area contributed by atoms with Crippen molar-refractivity contribution in [2.45, 2.75) is 24.5 Å². The Hall–Kier alpha value is -6.48. The molecule has 34 heteroatoms. The molecule has 0 bridgehead atoms. The summed E-state index contributed by atoms with van der Waals surface area (Å²) in [5.74, 6) is -1.65. The maximum atomic E-state index is 13.2. The number of nitrogens with one attached hydrogen (secondary N) is 3. The third kappa shape index (κ3) is 13.4. The fourth-order valence-electron chi connectivity index (χ4n) is 5.77. The molecule has 0 atom stereocenters. The van der Waals surface area contributed by atoms with E-state index in [1.807, 2.05) is 0 Å². The fraction of sp³-hybridized carbons (Fsp3) is 0.0556. The minimum absolute atomic E-state index is 0.00976. The van der Waals surface area contributed by atoms with E-state index in [9.17, 15) is 52.9 Å². The molecule has 6 rings (SSSR count). The van der Waals surface area contributed by atoms with E-state index < -0.39 is 90.2 Å². The SMILES string of the molecule is Nc1cc(SOOO)cc2cc(S(=O)(=O)O)c(N=Nc3ccc(S(=O)(=O)Nc4ccc(N/N=c5/ccc(=O)/c(=N/Nc6ccc(S(=O)(=O)CCOS(=O)(=O)O)cc6SOOO)c5=O)cc4)cc3)c(O)c12. The molecule has 0 saturated heterocycles. The molecule has 0 spiro atoms. The van der Waals surface area contributed by atoms with Crippen LogP contribution in [-0.2, 0) is 63.3 Å². The van der Waals surface area contributed by atoms with Gasteiger partial charge in [-0.05, 0) is 102 Å². The highest BCUT2D eigenvalue weighted by molar-refractivity contribution is 7.95. The Balaban J connectivity index is 1.14. The first-order valence-corrected chi connectivity index (χ1v) is 25.9. The van der Waals surface area contributed by atoms with Crippen LogP contribution in [0, 0.1) is 0 Å². The minimum Gasteiger partial charge on any atom is -0.505 e. The highest BCUT2D eigenvalue weighted by Gasteiger charge is 2.24. The number of nitrogens with two attached hydrogens (primary N) is 1. The van der Waals surface area contributed by atoms with Crippen molar-refractivity contribution in [3.8, 4) is 5.75 Å². The number of hydrogen-bond acceptors (Lipinski definition) is 27. The molecule has 28 nitrogen and oxygen atoms in total. The van der Waals surface area contributed by atoms with Crippen LogP contribution in [0.2, 0.25) is 0 Å². The smallest absolute Gasteiger partial charge is 0.397 e. The number of rotatable bonds is 21. The zero-order valence-electron chi connectivity index (χ0n) is 34.3. The number of nitrogens with zero attached hydrogens (tertiary/aromatic N) is 4. The van der Waals surface area contributed by atoms with Gasteiger partial charge in [-0.1, -0.05) is 10.1 Å². The monoisotopic (exact) mass is 1090 g/mol. The third-order valence-electron chi connectivity index (χ3n) is 8.86. The van der Waals surface area contributed by atoms with Crippen LogP contribution in [0.5, 0.6) is 5.75 Å². The molecule has 10 N–H and O–H groups in total. The van der Waals surface area contributed by atoms with Crippen molar-refractivity contribution in [2.75, 3.05) is 33.7 Å². The van der Waals surface area contributed by atoms with Crippen LogP contribution >= 0.6 is 24.1 Å². The Labute approximate surface area is 401 Å². The number of sulfone groups is 1. The molecule has 70 heavy (non-hydrogen) atoms. The summed E-state index contributed by atoms with van der Waals surface area (Å²) in [6, 6.07) is 19.0. The summed E-state index contributed by atoms with van der Waals surface area (Å²) in [6.07, 6.45) is 0. The van der Waals surface area contributed by atoms with Crippen LogP contribution in [-0.4, -0.2) is 70.8 Å². The van der Waals surface area contributed by atoms with Crippen molar-refractivity contribution in [1.29, 1.82) is 0 Å². The quantitative estimate of drug-likeness (QED) is 0.0124. The van der Waals surface area contributed by atoms with Crippen molar-refractivity contribution in [3.05, 3.63) is 128 Å². The molecule has 0 aliphatic heterocycles. The number of hydrogen-bond donors (Lipinski definition) is 9. The van der Waals surface area contributed by atoms with Gasteiger partial charge < -0.3 is 10.8 Å². The number of phenols is 1. The van der Waals surface area contributed by atoms with Crippen LogP contribution in [0.4, 0.5) is 34.1 Å². The second-order valence-electron chi connectivity index (χ2n) is 13.4. The summed E-state index contributed by atoms with van der Waals surface area (Å²) in [5, 5.41) is 49.6. The molecule has 0 aliphatic carbocycles. The molecule has 0 amide bonds. The van der Waals surface area contributed by atoms with Crippen LogP contribution in [0.25, 0.3) is 10.8 Å². The van der Waals surface area contributed by atoms with Crippen molar-refractivity contribution >= 4 is 109 Å². The summed E-state index contributed by atoms with van der Waals surface area (Å²) in [7, 11) is -18.4. The summed E-state index contributed by atoms with van der Waals surface area (Å²) in [5.41, 5.74) is 8.70. The van der Waals surface area contributed by atoms with E-state index in [-0.39, 0.29) is 71.3 Å². The van der Waals surface area contributed by atoms with Crippen molar-refractivity contribution < 1.29 is 81.3 Å². The van der Waals surface area contributed by atoms with Crippen LogP contribution in [0.15, 0.2) is 152 Å². The van der Waals surface area contributed by atoms with Gasteiger partial charge in [-0.25, -0.2) is 31.5 Å². The first-order valence-electron chi connectivity index (χ1n) is 18.4. The number of benzene rings is 6. The number of aromatic hydroxyl groups is 1. The van der Waals surface area contributed by atoms with Gasteiger partial charge >= 0.3 is 10.4 Å². The van der Waals surface area contributed by atoms with E-state index >= 15 is 0 Å². The molecule has 0 radical (unpaired) electrons. The highest BCUT2D eigenvalue weighted by atomic mass is 32.3. The van der Waals surface area contributed by atoms with E-state index in [2.05, 4.69) is 58.9 Å². The topological polar surface area (TPSA) is 430 Å². The summed E-state index contributed by atoms with van der Waals surface area (Å²) < 4.78 is 132. The number of fused-ring (bicyclic) bond motifs is 1. The molecule has 0 unspecified atom stereocenters. The van der Waals surface area contributed by atoms with Crippen molar-refractivity contribution in [2.24, 2.45) is 20.4 Å². The van der Waals surface area contributed by atoms with Gasteiger partial charge in [0.15, 0.2) is 20.9 Å². The second-order valence-corrected chi connectivity index (χ2v) is 21.2. The van der Waals surface area contributed by atoms with Gasteiger partial charge in [0.1, 0.15) is 15.9 Å². The first kappa shape index (κ1) is 52.9. The lowest BCUT2D eigenvalue weighted by Crippen LogP contribution is -2.48. The lowest BCUT2D eigenvalue weighted by molar-refractivity contribution is -0.432. The largest absolute Gasteiger partial charge is 0.505 e. The van der Waals surface area contributed by atoms with E-state index in [0.717, 1.165) is 48.5 Å². The lowest BCUT2D eigenvalue weighted by atomic mass is 10.1. The predicted octanol–water partition coefficient (Wildman–Crippen LogP) is 3.49. The number of phenolic OH excluding ortho intramolecular Hbond substituents is 1. The maximum absolute atomic E-state index is 13.2. The molecular formula is C36H30N8O20S6. The normalized spacial score (nSPS) is 13.0. The first-order chi connectivity index (χ1) is 33.0. The Morgan fingerprint density at radius 3 is 2.01 bits per heavy atom. The maximum Gasteiger partial charge on any atom is 0.397 e. The standard InChI is InChI=1S/C36H30N8O20S6/c37-26-17-23(65-63-61-48)15-19-16-31(69(54,55)56)34(36(47)32(19)26)43-39-21-5-7-24(8-6-21)68(52,53)44-22-3-1-20(2-4-22)38-41-28-11-12-29(45)33(35(28)46)42-40-27-10-9-25(18-30(27)66-64-62-49)67(50,51)14-13-60-70(57,58)59/h1-12,15-18,38,40,44,47-49H,13-14,37H2,(H,54,55,56)(H,57,58,59)/b41-28-,42-33-,43-39?. The van der Waals surface area contributed by atoms with Gasteiger partial charge in [0.25, 0.3) is 20.1 Å². The highest BCUT2D eigenvalue weighted by Crippen LogP contribution is 2.45. The fourth-order valence-corrected chi connectivity index (χ4v) is 10.0. The van der Waals surface area contributed by atoms with Gasteiger partial charge in [-0.2, -0.15) is 32.2 Å². The van der Waals surface area contributed by atoms with Gasteiger partial charge in [-0.15, -0.1) is 13.8 Å². The van der Waals surface area contributed by atoms with Crippen LogP contribution in [0.3, 0.4) is 0 Å². The number of azo groups is 1. The number of anilines is 4. The molecule has 6 aromatic carbocycles. The molecule has 0 aromatic heterocycles. The third-order valence-corrected chi connectivity index (χ3v) is 14.5. The number of nitrogen functional groups attached to an aromatic ring is 1. The lowest BCUT2D eigenvalue weighted by Gasteiger charge is -2.12. The van der Waals surface area contributed by atoms with E-state index in [0.29, 0.717) is 12.0 Å². The number of sulfonamides is 1. The predicted molar refractivity (Wildman–Crippen MR) is 245 cm³/mol. The zero-order valence-corrected chi connectivity index (χ0v) is 39.2. The molecule has 0 aliphatic rings. The van der Waals surface area contributed by atoms with Gasteiger partial charge in [-0.3, -0.25) is 34.3 Å². The second kappa shape index (κ2) is 22.1. The average Bonchev–Trinajstić information content (AvgIpc) is 3.29. The molecule has 6 aromatic rings. The Kier molecular flexibility index (Phi) is 16.7. The minimum atomic E-state index is -5.02. The Morgan fingerprint density at radius 2 is 1.36 bits per heavy atom. The summed E-state index contributed by atoms with van der Waals surface area (Å²) in [6.45, 7) is -0.922. The zero-order chi connectivity index (χ0) is 51.0. The summed E-state index contributed by atoms with van der Waals surface area (Å²) >= 11 is 0.769. The molecule has 0 saturated carbocycles. The Bertz CT molecular complexity index is 3690. The van der Waals surface area contributed by atoms with E-state index in [1.54, 1.807) is 0 Å². The van der Waals surface area contributed by atoms with E-state index in [1.165, 1.54) is 48.5 Å². The van der Waals surface area contributed by atoms with Gasteiger partial charge in [0, 0.05) is 21.7 Å². The van der Waals surface area contributed by atoms with Gasteiger partial charge in [0.2, 0.25) is 10.9 Å². The molecular weight excluding hydrogens is 1060 g/mol. The van der Waals surface area contributed by atoms with Crippen molar-refractivity contribution in [3.63, 3.8) is 0 Å². The average molecular weight is 1090 g/mol. The van der Waals surface area contributed by atoms with E-state index in [4.69, 9.17) is 20.8 Å². The van der Waals surface area contributed by atoms with Crippen LogP contribution in [0.1, 0.15) is 0 Å². The molecule has 370 valence electrons. The molecule has 0 fully saturated rings. The van der Waals surface area contributed by atoms with Crippen molar-refractivity contribution in [1.82, 2.24) is 0 Å². The summed E-state index contributed by atoms with van der Waals surface area (Å²) in [4.78, 5) is 24.4.